The molecule has 0 saturated carbocycles. The second kappa shape index (κ2) is 12.5. The smallest absolute Gasteiger partial charge is 0.410 e. The van der Waals surface area contributed by atoms with Gasteiger partial charge in [-0.25, -0.2) is 4.79 Å². The zero-order valence-corrected chi connectivity index (χ0v) is 21.5. The number of nitrogens with zero attached hydrogens (tertiary/aromatic N) is 1. The van der Waals surface area contributed by atoms with Crippen LogP contribution in [0.1, 0.15) is 62.9 Å². The second-order valence-corrected chi connectivity index (χ2v) is 9.76. The number of methoxy groups -OCH3 is 1. The third-order valence-electron chi connectivity index (χ3n) is 5.55. The second-order valence-electron chi connectivity index (χ2n) is 9.35. The number of carbonyl (C=O) groups excluding carboxylic acids is 2. The lowest BCUT2D eigenvalue weighted by molar-refractivity contribution is 0.0165. The molecule has 0 spiro atoms. The Morgan fingerprint density at radius 3 is 2.62 bits per heavy atom. The van der Waals surface area contributed by atoms with Crippen molar-refractivity contribution in [3.05, 3.63) is 22.2 Å². The number of carbonyl (C=O) groups is 2. The highest BCUT2D eigenvalue weighted by atomic mass is 35.5. The summed E-state index contributed by atoms with van der Waals surface area (Å²) in [6.07, 6.45) is 2.11. The number of aryl methyl sites for hydroxylation is 1. The van der Waals surface area contributed by atoms with Crippen molar-refractivity contribution >= 4 is 23.6 Å². The Hall–Kier alpha value is -2.23. The fourth-order valence-electron chi connectivity index (χ4n) is 3.88. The lowest BCUT2D eigenvalue weighted by Crippen LogP contribution is -2.45. The zero-order valence-electron chi connectivity index (χ0n) is 20.8. The predicted octanol–water partition coefficient (Wildman–Crippen LogP) is 3.48. The molecule has 2 rings (SSSR count). The molecule has 0 radical (unpaired) electrons. The Kier molecular flexibility index (Phi) is 10.3. The van der Waals surface area contributed by atoms with Crippen LogP contribution in [0.3, 0.4) is 0 Å². The van der Waals surface area contributed by atoms with Crippen molar-refractivity contribution in [2.45, 2.75) is 71.1 Å². The van der Waals surface area contributed by atoms with Crippen molar-refractivity contribution in [1.82, 2.24) is 10.2 Å². The van der Waals surface area contributed by atoms with Crippen LogP contribution in [0.15, 0.2) is 6.07 Å². The number of phenolic OH excluding ortho intramolecular Hbond substituents is 1. The van der Waals surface area contributed by atoms with Crippen molar-refractivity contribution in [3.8, 4) is 11.5 Å². The maximum Gasteiger partial charge on any atom is 0.410 e. The maximum atomic E-state index is 13.1. The van der Waals surface area contributed by atoms with Crippen LogP contribution in [0, 0.1) is 0 Å². The van der Waals surface area contributed by atoms with Crippen LogP contribution in [0.5, 0.6) is 11.5 Å². The monoisotopic (exact) mass is 499 g/mol. The summed E-state index contributed by atoms with van der Waals surface area (Å²) in [6.45, 7) is 8.93. The molecule has 0 unspecified atom stereocenters. The number of phenols is 1. The molecule has 4 N–H and O–H groups in total. The van der Waals surface area contributed by atoms with Gasteiger partial charge in [-0.05, 0) is 64.6 Å². The Morgan fingerprint density at radius 2 is 2.03 bits per heavy atom. The number of halogens is 1. The minimum Gasteiger partial charge on any atom is -0.507 e. The minimum atomic E-state index is -0.651. The van der Waals surface area contributed by atoms with E-state index in [0.29, 0.717) is 38.1 Å². The van der Waals surface area contributed by atoms with Crippen LogP contribution in [0.25, 0.3) is 0 Å². The van der Waals surface area contributed by atoms with E-state index in [1.807, 2.05) is 6.92 Å². The van der Waals surface area contributed by atoms with Gasteiger partial charge in [-0.1, -0.05) is 18.5 Å². The van der Waals surface area contributed by atoms with Crippen molar-refractivity contribution in [2.24, 2.45) is 5.73 Å². The summed E-state index contributed by atoms with van der Waals surface area (Å²) in [5, 5.41) is 13.7. The fourth-order valence-corrected chi connectivity index (χ4v) is 4.18. The normalized spacial score (nSPS) is 18.1. The zero-order chi connectivity index (χ0) is 25.5. The molecular formula is C24H38ClN3O6. The van der Waals surface area contributed by atoms with E-state index in [4.69, 9.17) is 31.5 Å². The van der Waals surface area contributed by atoms with Crippen LogP contribution in [-0.4, -0.2) is 73.1 Å². The first-order valence-corrected chi connectivity index (χ1v) is 12.1. The Morgan fingerprint density at radius 1 is 1.32 bits per heavy atom. The summed E-state index contributed by atoms with van der Waals surface area (Å²) >= 11 is 6.26. The van der Waals surface area contributed by atoms with Crippen LogP contribution < -0.4 is 15.8 Å². The molecule has 1 aromatic rings. The number of amides is 2. The van der Waals surface area contributed by atoms with Crippen LogP contribution in [0.4, 0.5) is 4.79 Å². The maximum absolute atomic E-state index is 13.1. The van der Waals surface area contributed by atoms with Crippen molar-refractivity contribution in [2.75, 3.05) is 33.4 Å². The molecule has 9 nitrogen and oxygen atoms in total. The van der Waals surface area contributed by atoms with E-state index < -0.39 is 17.6 Å². The molecule has 2 atom stereocenters. The average Bonchev–Trinajstić information content (AvgIpc) is 3.18. The highest BCUT2D eigenvalue weighted by Gasteiger charge is 2.38. The first-order valence-electron chi connectivity index (χ1n) is 11.7. The van der Waals surface area contributed by atoms with E-state index >= 15 is 0 Å². The molecule has 1 aliphatic heterocycles. The Bertz CT molecular complexity index is 858. The molecule has 1 heterocycles. The SMILES string of the molecule is CCc1cc(Cl)c(OC)c(C(=O)NC[C@@H]2C[C@@H](OCCCCN)CN2C(=O)OC(C)(C)C)c1O. The number of benzene rings is 1. The summed E-state index contributed by atoms with van der Waals surface area (Å²) in [5.74, 6) is -0.605. The van der Waals surface area contributed by atoms with Gasteiger partial charge in [0, 0.05) is 13.2 Å². The number of nitrogens with one attached hydrogen (secondary N) is 1. The molecule has 10 heteroatoms. The van der Waals surface area contributed by atoms with E-state index in [1.165, 1.54) is 7.11 Å². The lowest BCUT2D eigenvalue weighted by Gasteiger charge is -2.28. The molecule has 1 fully saturated rings. The number of aromatic hydroxyl groups is 1. The Labute approximate surface area is 206 Å². The van der Waals surface area contributed by atoms with Gasteiger partial charge in [0.05, 0.1) is 30.8 Å². The summed E-state index contributed by atoms with van der Waals surface area (Å²) in [7, 11) is 1.39. The molecular weight excluding hydrogens is 462 g/mol. The lowest BCUT2D eigenvalue weighted by atomic mass is 10.0. The molecule has 34 heavy (non-hydrogen) atoms. The average molecular weight is 500 g/mol. The van der Waals surface area contributed by atoms with Gasteiger partial charge >= 0.3 is 6.09 Å². The first kappa shape index (κ1) is 28.0. The topological polar surface area (TPSA) is 123 Å². The molecule has 0 aliphatic carbocycles. The molecule has 1 aliphatic rings. The Balaban J connectivity index is 2.16. The van der Waals surface area contributed by atoms with Crippen molar-refractivity contribution in [1.29, 1.82) is 0 Å². The standard InChI is InChI=1S/C24H38ClN3O6/c1-6-15-11-18(25)21(32-5)19(20(15)29)22(30)27-13-16-12-17(33-10-8-7-9-26)14-28(16)23(31)34-24(2,3)4/h11,16-17,29H,6-10,12-14,26H2,1-5H3,(H,27,30)/t16-,17+/m0/s1. The van der Waals surface area contributed by atoms with Gasteiger partial charge in [0.2, 0.25) is 0 Å². The van der Waals surface area contributed by atoms with Gasteiger partial charge in [0.15, 0.2) is 5.75 Å². The number of rotatable bonds is 10. The summed E-state index contributed by atoms with van der Waals surface area (Å²) in [6, 6.07) is 1.25. The number of ether oxygens (including phenoxy) is 3. The molecule has 1 saturated heterocycles. The van der Waals surface area contributed by atoms with Gasteiger partial charge in [-0.2, -0.15) is 0 Å². The molecule has 2 amide bonds. The van der Waals surface area contributed by atoms with E-state index in [2.05, 4.69) is 5.32 Å². The third kappa shape index (κ3) is 7.38. The molecule has 1 aromatic carbocycles. The van der Waals surface area contributed by atoms with Gasteiger partial charge in [-0.15, -0.1) is 0 Å². The van der Waals surface area contributed by atoms with E-state index in [-0.39, 0.29) is 40.8 Å². The molecule has 0 bridgehead atoms. The van der Waals surface area contributed by atoms with Crippen LogP contribution in [-0.2, 0) is 15.9 Å². The van der Waals surface area contributed by atoms with E-state index in [9.17, 15) is 14.7 Å². The van der Waals surface area contributed by atoms with Gasteiger partial charge in [0.25, 0.3) is 5.91 Å². The van der Waals surface area contributed by atoms with Gasteiger partial charge < -0.3 is 35.3 Å². The molecule has 0 aromatic heterocycles. The predicted molar refractivity (Wildman–Crippen MR) is 131 cm³/mol. The summed E-state index contributed by atoms with van der Waals surface area (Å²) < 4.78 is 16.8. The van der Waals surface area contributed by atoms with Gasteiger partial charge in [-0.3, -0.25) is 4.79 Å². The molecule has 192 valence electrons. The first-order chi connectivity index (χ1) is 16.0. The highest BCUT2D eigenvalue weighted by molar-refractivity contribution is 6.33. The summed E-state index contributed by atoms with van der Waals surface area (Å²) in [5.41, 5.74) is 5.40. The number of hydrogen-bond donors (Lipinski definition) is 3. The van der Waals surface area contributed by atoms with Crippen LogP contribution >= 0.6 is 11.6 Å². The van der Waals surface area contributed by atoms with Gasteiger partial charge in [0.1, 0.15) is 16.9 Å². The van der Waals surface area contributed by atoms with Crippen molar-refractivity contribution in [3.63, 3.8) is 0 Å². The number of hydrogen-bond acceptors (Lipinski definition) is 7. The minimum absolute atomic E-state index is 0.0248. The highest BCUT2D eigenvalue weighted by Crippen LogP contribution is 2.38. The fraction of sp³-hybridized carbons (Fsp3) is 0.667. The van der Waals surface area contributed by atoms with Crippen molar-refractivity contribution < 1.29 is 28.9 Å². The number of likely N-dealkylation sites (tertiary alicyclic amines) is 1. The number of nitrogens with two attached hydrogens (primary N) is 1. The van der Waals surface area contributed by atoms with Crippen LogP contribution in [0.2, 0.25) is 5.02 Å². The van der Waals surface area contributed by atoms with E-state index in [1.54, 1.807) is 31.7 Å². The third-order valence-corrected chi connectivity index (χ3v) is 5.83. The largest absolute Gasteiger partial charge is 0.507 e. The summed E-state index contributed by atoms with van der Waals surface area (Å²) in [4.78, 5) is 27.5. The number of unbranched alkanes of at least 4 members (excludes halogenated alkanes) is 1. The van der Waals surface area contributed by atoms with E-state index in [0.717, 1.165) is 12.8 Å². The quantitative estimate of drug-likeness (QED) is 0.421.